The van der Waals surface area contributed by atoms with E-state index in [1.54, 1.807) is 35.3 Å². The number of aromatic nitrogens is 2. The molecule has 6 heteroatoms. The highest BCUT2D eigenvalue weighted by molar-refractivity contribution is 6.31. The summed E-state index contributed by atoms with van der Waals surface area (Å²) in [7, 11) is 0. The zero-order valence-electron chi connectivity index (χ0n) is 10.0. The first-order valence-corrected chi connectivity index (χ1v) is 6.00. The summed E-state index contributed by atoms with van der Waals surface area (Å²) in [6.07, 6.45) is 6.66. The van der Waals surface area contributed by atoms with Gasteiger partial charge in [-0.3, -0.25) is 4.79 Å². The number of hydrogen-bond donors (Lipinski definition) is 1. The van der Waals surface area contributed by atoms with Crippen LogP contribution in [0.5, 0.6) is 0 Å². The van der Waals surface area contributed by atoms with E-state index in [0.717, 1.165) is 0 Å². The number of hydrogen-bond acceptors (Lipinski definition) is 3. The Morgan fingerprint density at radius 3 is 2.89 bits per heavy atom. The van der Waals surface area contributed by atoms with Crippen LogP contribution in [-0.2, 0) is 11.3 Å². The lowest BCUT2D eigenvalue weighted by molar-refractivity contribution is -0.684. The number of halogens is 1. The summed E-state index contributed by atoms with van der Waals surface area (Å²) < 4.78 is 1.75. The lowest BCUT2D eigenvalue weighted by atomic mass is 10.3. The van der Waals surface area contributed by atoms with Crippen LogP contribution in [0.25, 0.3) is 0 Å². The maximum absolute atomic E-state index is 11.6. The second-order valence-electron chi connectivity index (χ2n) is 3.72. The molecule has 2 aromatic heterocycles. The largest absolute Gasteiger partial charge is 0.305 e. The second kappa shape index (κ2) is 6.61. The molecule has 0 bridgehead atoms. The maximum atomic E-state index is 11.6. The van der Waals surface area contributed by atoms with Crippen LogP contribution in [0.15, 0.2) is 54.0 Å². The van der Waals surface area contributed by atoms with Gasteiger partial charge in [0.1, 0.15) is 5.15 Å². The average molecular weight is 276 g/mol. The Kier molecular flexibility index (Phi) is 4.58. The Morgan fingerprint density at radius 2 is 2.16 bits per heavy atom. The maximum Gasteiger partial charge on any atom is 0.305 e. The summed E-state index contributed by atoms with van der Waals surface area (Å²) >= 11 is 5.85. The van der Waals surface area contributed by atoms with Gasteiger partial charge in [-0.25, -0.2) is 10.4 Å². The van der Waals surface area contributed by atoms with Crippen molar-refractivity contribution in [2.45, 2.75) is 6.54 Å². The molecule has 0 spiro atoms. The first kappa shape index (κ1) is 13.2. The van der Waals surface area contributed by atoms with Crippen LogP contribution < -0.4 is 9.99 Å². The molecule has 1 amide bonds. The van der Waals surface area contributed by atoms with Crippen molar-refractivity contribution in [1.29, 1.82) is 0 Å². The van der Waals surface area contributed by atoms with Crippen LogP contribution in [0.2, 0.25) is 5.15 Å². The summed E-state index contributed by atoms with van der Waals surface area (Å²) in [6.45, 7) is 0.207. The van der Waals surface area contributed by atoms with Crippen molar-refractivity contribution in [3.63, 3.8) is 0 Å². The van der Waals surface area contributed by atoms with E-state index < -0.39 is 0 Å². The molecule has 96 valence electrons. The highest BCUT2D eigenvalue weighted by Crippen LogP contribution is 2.07. The smallest absolute Gasteiger partial charge is 0.266 e. The zero-order valence-corrected chi connectivity index (χ0v) is 10.8. The van der Waals surface area contributed by atoms with Gasteiger partial charge in [-0.15, -0.1) is 0 Å². The molecule has 0 aliphatic carbocycles. The van der Waals surface area contributed by atoms with E-state index in [1.165, 1.54) is 6.21 Å². The van der Waals surface area contributed by atoms with E-state index in [1.807, 2.05) is 18.2 Å². The van der Waals surface area contributed by atoms with Crippen molar-refractivity contribution >= 4 is 23.7 Å². The first-order valence-electron chi connectivity index (χ1n) is 5.62. The minimum absolute atomic E-state index is 0.207. The SMILES string of the molecule is O=C(C[n+]1ccccc1)N/N=C/c1cccnc1Cl. The first-order chi connectivity index (χ1) is 9.25. The third-order valence-corrected chi connectivity index (χ3v) is 2.60. The van der Waals surface area contributed by atoms with Gasteiger partial charge in [-0.2, -0.15) is 9.67 Å². The van der Waals surface area contributed by atoms with Gasteiger partial charge < -0.3 is 0 Å². The second-order valence-corrected chi connectivity index (χ2v) is 4.08. The summed E-state index contributed by atoms with van der Waals surface area (Å²) in [6, 6.07) is 9.10. The van der Waals surface area contributed by atoms with Gasteiger partial charge >= 0.3 is 5.91 Å². The fourth-order valence-electron chi connectivity index (χ4n) is 1.41. The molecule has 2 aromatic rings. The Hall–Kier alpha value is -2.27. The summed E-state index contributed by atoms with van der Waals surface area (Å²) in [5.74, 6) is -0.215. The minimum atomic E-state index is -0.215. The predicted molar refractivity (Wildman–Crippen MR) is 71.6 cm³/mol. The van der Waals surface area contributed by atoms with Crippen LogP contribution in [0.3, 0.4) is 0 Å². The fraction of sp³-hybridized carbons (Fsp3) is 0.0769. The van der Waals surface area contributed by atoms with Crippen molar-refractivity contribution in [2.75, 3.05) is 0 Å². The number of nitrogens with zero attached hydrogens (tertiary/aromatic N) is 3. The van der Waals surface area contributed by atoms with Gasteiger partial charge in [0, 0.05) is 23.9 Å². The van der Waals surface area contributed by atoms with Crippen LogP contribution in [-0.4, -0.2) is 17.1 Å². The van der Waals surface area contributed by atoms with Gasteiger partial charge in [0.15, 0.2) is 12.4 Å². The zero-order chi connectivity index (χ0) is 13.5. The van der Waals surface area contributed by atoms with Gasteiger partial charge in [0.2, 0.25) is 6.54 Å². The van der Waals surface area contributed by atoms with E-state index in [9.17, 15) is 4.79 Å². The molecule has 0 atom stereocenters. The summed E-state index contributed by atoms with van der Waals surface area (Å²) in [5, 5.41) is 4.18. The molecular formula is C13H12ClN4O+. The fourth-order valence-corrected chi connectivity index (χ4v) is 1.58. The molecule has 0 fully saturated rings. The lowest BCUT2D eigenvalue weighted by Crippen LogP contribution is -2.40. The van der Waals surface area contributed by atoms with Gasteiger partial charge in [-0.1, -0.05) is 17.7 Å². The average Bonchev–Trinajstić information content (AvgIpc) is 2.42. The molecule has 0 aliphatic heterocycles. The van der Waals surface area contributed by atoms with Crippen molar-refractivity contribution in [2.24, 2.45) is 5.10 Å². The van der Waals surface area contributed by atoms with Crippen molar-refractivity contribution in [1.82, 2.24) is 10.4 Å². The third-order valence-electron chi connectivity index (χ3n) is 2.28. The van der Waals surface area contributed by atoms with Gasteiger partial charge in [0.25, 0.3) is 0 Å². The van der Waals surface area contributed by atoms with Crippen molar-refractivity contribution < 1.29 is 9.36 Å². The Bertz CT molecular complexity index is 586. The minimum Gasteiger partial charge on any atom is -0.266 e. The van der Waals surface area contributed by atoms with E-state index in [4.69, 9.17) is 11.6 Å². The van der Waals surface area contributed by atoms with Crippen molar-refractivity contribution in [3.05, 3.63) is 59.6 Å². The summed E-state index contributed by atoms with van der Waals surface area (Å²) in [5.41, 5.74) is 3.08. The molecule has 0 saturated heterocycles. The van der Waals surface area contributed by atoms with Gasteiger partial charge in [0.05, 0.1) is 6.21 Å². The topological polar surface area (TPSA) is 58.2 Å². The number of amides is 1. The van der Waals surface area contributed by atoms with E-state index in [-0.39, 0.29) is 12.5 Å². The predicted octanol–water partition coefficient (Wildman–Crippen LogP) is 1.17. The standard InChI is InChI=1S/C13H11ClN4O/c14-13-11(5-4-6-15-13)9-16-17-12(19)10-18-7-2-1-3-8-18/h1-9H,10H2/p+1/b16-9+. The number of hydrazone groups is 1. The Labute approximate surface area is 115 Å². The molecule has 5 nitrogen and oxygen atoms in total. The highest BCUT2D eigenvalue weighted by atomic mass is 35.5. The molecule has 0 aromatic carbocycles. The number of nitrogens with one attached hydrogen (secondary N) is 1. The Morgan fingerprint density at radius 1 is 1.37 bits per heavy atom. The van der Waals surface area contributed by atoms with E-state index in [0.29, 0.717) is 10.7 Å². The molecule has 2 rings (SSSR count). The highest BCUT2D eigenvalue weighted by Gasteiger charge is 2.06. The monoisotopic (exact) mass is 275 g/mol. The normalized spacial score (nSPS) is 10.6. The van der Waals surface area contributed by atoms with Gasteiger partial charge in [-0.05, 0) is 12.1 Å². The number of carbonyl (C=O) groups is 1. The van der Waals surface area contributed by atoms with E-state index in [2.05, 4.69) is 15.5 Å². The number of pyridine rings is 2. The molecule has 0 saturated carbocycles. The van der Waals surface area contributed by atoms with Crippen LogP contribution in [0.1, 0.15) is 5.56 Å². The summed E-state index contributed by atoms with van der Waals surface area (Å²) in [4.78, 5) is 15.5. The number of carbonyl (C=O) groups excluding carboxylic acids is 1. The van der Waals surface area contributed by atoms with Crippen LogP contribution in [0, 0.1) is 0 Å². The Balaban J connectivity index is 1.89. The van der Waals surface area contributed by atoms with Crippen molar-refractivity contribution in [3.8, 4) is 0 Å². The molecule has 0 aliphatic rings. The lowest BCUT2D eigenvalue weighted by Gasteiger charge is -1.97. The molecular weight excluding hydrogens is 264 g/mol. The number of rotatable bonds is 4. The molecule has 0 unspecified atom stereocenters. The molecule has 1 N–H and O–H groups in total. The molecule has 2 heterocycles. The van der Waals surface area contributed by atoms with E-state index >= 15 is 0 Å². The van der Waals surface area contributed by atoms with Crippen LogP contribution >= 0.6 is 11.6 Å². The van der Waals surface area contributed by atoms with Crippen LogP contribution in [0.4, 0.5) is 0 Å². The molecule has 0 radical (unpaired) electrons. The third kappa shape index (κ3) is 4.15. The quantitative estimate of drug-likeness (QED) is 0.394. The molecule has 19 heavy (non-hydrogen) atoms.